The van der Waals surface area contributed by atoms with Crippen LogP contribution in [0.15, 0.2) is 52.5 Å². The molecule has 0 unspecified atom stereocenters. The van der Waals surface area contributed by atoms with Crippen LogP contribution in [-0.2, 0) is 0 Å². The molecule has 0 radical (unpaired) electrons. The average Bonchev–Trinajstić information content (AvgIpc) is 2.22. The summed E-state index contributed by atoms with van der Waals surface area (Å²) in [6.45, 7) is 2.04. The van der Waals surface area contributed by atoms with E-state index in [4.69, 9.17) is 5.11 Å². The van der Waals surface area contributed by atoms with Crippen LogP contribution >= 0.6 is 11.8 Å². The van der Waals surface area contributed by atoms with Crippen LogP contribution in [0.25, 0.3) is 0 Å². The minimum absolute atomic E-state index is 0.288. The third-order valence-electron chi connectivity index (χ3n) is 1.95. The lowest BCUT2D eigenvalue weighted by Gasteiger charge is -2.01. The number of aromatic hydroxyl groups is 1. The predicted octanol–water partition coefficient (Wildman–Crippen LogP) is 3.25. The van der Waals surface area contributed by atoms with Gasteiger partial charge in [0.15, 0.2) is 0 Å². The summed E-state index contributed by atoms with van der Waals surface area (Å²) in [7, 11) is 0. The fourth-order valence-corrected chi connectivity index (χ4v) is 2.07. The first-order chi connectivity index (χ1) is 7.24. The Hall–Kier alpha value is -1.48. The highest BCUT2D eigenvalue weighted by Gasteiger charge is 1.98. The second-order valence-electron chi connectivity index (χ2n) is 3.27. The number of aryl methyl sites for hydroxylation is 1. The van der Waals surface area contributed by atoms with Gasteiger partial charge in [0.1, 0.15) is 10.8 Å². The highest BCUT2D eigenvalue weighted by Crippen LogP contribution is 2.27. The maximum absolute atomic E-state index is 9.14. The van der Waals surface area contributed by atoms with E-state index in [1.165, 1.54) is 5.56 Å². The predicted molar refractivity (Wildman–Crippen MR) is 61.2 cm³/mol. The number of aromatic nitrogens is 1. The Bertz CT molecular complexity index is 453. The van der Waals surface area contributed by atoms with Gasteiger partial charge in [-0.2, -0.15) is 0 Å². The zero-order valence-corrected chi connectivity index (χ0v) is 9.16. The van der Waals surface area contributed by atoms with Crippen LogP contribution in [0.4, 0.5) is 0 Å². The molecular formula is C12H11NOS. The number of nitrogens with zero attached hydrogens (tertiary/aromatic N) is 1. The quantitative estimate of drug-likeness (QED) is 0.838. The van der Waals surface area contributed by atoms with Crippen LogP contribution in [0.5, 0.6) is 5.75 Å². The molecule has 15 heavy (non-hydrogen) atoms. The summed E-state index contributed by atoms with van der Waals surface area (Å²) in [4.78, 5) is 5.33. The number of phenolic OH excluding ortho intramolecular Hbond substituents is 1. The maximum Gasteiger partial charge on any atom is 0.115 e. The van der Waals surface area contributed by atoms with Crippen molar-refractivity contribution in [3.8, 4) is 5.75 Å². The topological polar surface area (TPSA) is 33.1 Å². The fraction of sp³-hybridized carbons (Fsp3) is 0.0833. The molecule has 0 bridgehead atoms. The second-order valence-corrected chi connectivity index (χ2v) is 4.36. The summed E-state index contributed by atoms with van der Waals surface area (Å²) in [6, 6.07) is 11.1. The molecule has 3 heteroatoms. The van der Waals surface area contributed by atoms with Gasteiger partial charge in [-0.15, -0.1) is 0 Å². The van der Waals surface area contributed by atoms with Crippen LogP contribution < -0.4 is 0 Å². The minimum atomic E-state index is 0.288. The molecule has 0 saturated heterocycles. The van der Waals surface area contributed by atoms with Gasteiger partial charge in [0.2, 0.25) is 0 Å². The Morgan fingerprint density at radius 3 is 2.53 bits per heavy atom. The highest BCUT2D eigenvalue weighted by atomic mass is 32.2. The van der Waals surface area contributed by atoms with Crippen molar-refractivity contribution in [3.63, 3.8) is 0 Å². The summed E-state index contributed by atoms with van der Waals surface area (Å²) in [5, 5.41) is 10.1. The zero-order valence-electron chi connectivity index (χ0n) is 8.34. The van der Waals surface area contributed by atoms with Crippen LogP contribution in [0, 0.1) is 6.92 Å². The SMILES string of the molecule is Cc1ccnc(Sc2ccc(O)cc2)c1. The average molecular weight is 217 g/mol. The van der Waals surface area contributed by atoms with Crippen molar-refractivity contribution < 1.29 is 5.11 Å². The van der Waals surface area contributed by atoms with Gasteiger partial charge in [0, 0.05) is 11.1 Å². The molecule has 0 aliphatic heterocycles. The van der Waals surface area contributed by atoms with Gasteiger partial charge in [-0.3, -0.25) is 0 Å². The molecule has 0 aliphatic carbocycles. The molecule has 0 atom stereocenters. The normalized spacial score (nSPS) is 10.2. The molecule has 1 aromatic carbocycles. The Morgan fingerprint density at radius 1 is 1.13 bits per heavy atom. The van der Waals surface area contributed by atoms with E-state index in [-0.39, 0.29) is 5.75 Å². The molecule has 76 valence electrons. The number of hydrogen-bond acceptors (Lipinski definition) is 3. The van der Waals surface area contributed by atoms with Crippen molar-refractivity contribution in [1.29, 1.82) is 0 Å². The third kappa shape index (κ3) is 2.73. The van der Waals surface area contributed by atoms with E-state index in [0.29, 0.717) is 0 Å². The summed E-state index contributed by atoms with van der Waals surface area (Å²) < 4.78 is 0. The van der Waals surface area contributed by atoms with E-state index < -0.39 is 0 Å². The molecule has 0 amide bonds. The standard InChI is InChI=1S/C12H11NOS/c1-9-6-7-13-12(8-9)15-11-4-2-10(14)3-5-11/h2-8,14H,1H3. The molecule has 0 spiro atoms. The van der Waals surface area contributed by atoms with Gasteiger partial charge < -0.3 is 5.11 Å². The maximum atomic E-state index is 9.14. The second kappa shape index (κ2) is 4.36. The summed E-state index contributed by atoms with van der Waals surface area (Å²) >= 11 is 1.59. The van der Waals surface area contributed by atoms with Gasteiger partial charge >= 0.3 is 0 Å². The van der Waals surface area contributed by atoms with E-state index in [0.717, 1.165) is 9.92 Å². The van der Waals surface area contributed by atoms with Crippen molar-refractivity contribution in [2.45, 2.75) is 16.8 Å². The van der Waals surface area contributed by atoms with E-state index in [1.54, 1.807) is 30.1 Å². The molecular weight excluding hydrogens is 206 g/mol. The van der Waals surface area contributed by atoms with Crippen molar-refractivity contribution in [1.82, 2.24) is 4.98 Å². The molecule has 0 aliphatic rings. The lowest BCUT2D eigenvalue weighted by molar-refractivity contribution is 0.475. The number of hydrogen-bond donors (Lipinski definition) is 1. The van der Waals surface area contributed by atoms with E-state index in [1.807, 2.05) is 31.2 Å². The van der Waals surface area contributed by atoms with E-state index >= 15 is 0 Å². The molecule has 0 fully saturated rings. The Labute approximate surface area is 93.0 Å². The highest BCUT2D eigenvalue weighted by molar-refractivity contribution is 7.99. The zero-order chi connectivity index (χ0) is 10.7. The summed E-state index contributed by atoms with van der Waals surface area (Å²) in [5.41, 5.74) is 1.20. The number of benzene rings is 1. The molecule has 2 nitrogen and oxygen atoms in total. The van der Waals surface area contributed by atoms with Crippen molar-refractivity contribution >= 4 is 11.8 Å². The lowest BCUT2D eigenvalue weighted by Crippen LogP contribution is -1.80. The number of pyridine rings is 1. The van der Waals surface area contributed by atoms with Crippen LogP contribution in [0.3, 0.4) is 0 Å². The first-order valence-corrected chi connectivity index (χ1v) is 5.45. The molecule has 2 aromatic rings. The van der Waals surface area contributed by atoms with Crippen LogP contribution in [0.2, 0.25) is 0 Å². The first kappa shape index (κ1) is 10.1. The van der Waals surface area contributed by atoms with Gasteiger partial charge in [-0.25, -0.2) is 4.98 Å². The van der Waals surface area contributed by atoms with E-state index in [9.17, 15) is 0 Å². The minimum Gasteiger partial charge on any atom is -0.508 e. The number of rotatable bonds is 2. The fourth-order valence-electron chi connectivity index (χ4n) is 1.20. The van der Waals surface area contributed by atoms with E-state index in [2.05, 4.69) is 4.98 Å². The smallest absolute Gasteiger partial charge is 0.115 e. The Balaban J connectivity index is 2.18. The Kier molecular flexibility index (Phi) is 2.92. The largest absolute Gasteiger partial charge is 0.508 e. The lowest BCUT2D eigenvalue weighted by atomic mass is 10.3. The van der Waals surface area contributed by atoms with Gasteiger partial charge in [0.25, 0.3) is 0 Å². The molecule has 2 rings (SSSR count). The van der Waals surface area contributed by atoms with Crippen molar-refractivity contribution in [2.24, 2.45) is 0 Å². The van der Waals surface area contributed by atoms with Gasteiger partial charge in [-0.1, -0.05) is 11.8 Å². The van der Waals surface area contributed by atoms with Crippen LogP contribution in [0.1, 0.15) is 5.56 Å². The Morgan fingerprint density at radius 2 is 1.87 bits per heavy atom. The molecule has 1 heterocycles. The summed E-state index contributed by atoms with van der Waals surface area (Å²) in [5.74, 6) is 0.288. The molecule has 1 N–H and O–H groups in total. The first-order valence-electron chi connectivity index (χ1n) is 4.63. The number of phenols is 1. The molecule has 0 saturated carbocycles. The molecule has 1 aromatic heterocycles. The van der Waals surface area contributed by atoms with Crippen LogP contribution in [-0.4, -0.2) is 10.1 Å². The summed E-state index contributed by atoms with van der Waals surface area (Å²) in [6.07, 6.45) is 1.80. The van der Waals surface area contributed by atoms with Gasteiger partial charge in [-0.05, 0) is 48.9 Å². The monoisotopic (exact) mass is 217 g/mol. The van der Waals surface area contributed by atoms with Crippen molar-refractivity contribution in [2.75, 3.05) is 0 Å². The third-order valence-corrected chi connectivity index (χ3v) is 2.89. The van der Waals surface area contributed by atoms with Crippen molar-refractivity contribution in [3.05, 3.63) is 48.2 Å². The van der Waals surface area contributed by atoms with Gasteiger partial charge in [0.05, 0.1) is 0 Å².